The quantitative estimate of drug-likeness (QED) is 0.865. The maximum Gasteiger partial charge on any atom is 0.174 e. The molecule has 3 rings (SSSR count). The highest BCUT2D eigenvalue weighted by Gasteiger charge is 2.27. The fourth-order valence-corrected chi connectivity index (χ4v) is 3.46. The molecule has 1 N–H and O–H groups in total. The summed E-state index contributed by atoms with van der Waals surface area (Å²) in [4.78, 5) is 0. The first-order valence-corrected chi connectivity index (χ1v) is 8.83. The van der Waals surface area contributed by atoms with E-state index >= 15 is 0 Å². The van der Waals surface area contributed by atoms with Crippen molar-refractivity contribution in [2.45, 2.75) is 58.0 Å². The molecular weight excluding hydrogens is 310 g/mol. The van der Waals surface area contributed by atoms with Crippen LogP contribution in [0.3, 0.4) is 0 Å². The topological polar surface area (TPSA) is 55.6 Å². The molecular formula is C17H24ClN5. The van der Waals surface area contributed by atoms with Crippen LogP contribution in [0.4, 0.5) is 5.69 Å². The number of aromatic nitrogens is 4. The number of nitrogens with zero attached hydrogens (tertiary/aromatic N) is 4. The van der Waals surface area contributed by atoms with Gasteiger partial charge in [0.25, 0.3) is 0 Å². The molecule has 0 radical (unpaired) electrons. The van der Waals surface area contributed by atoms with Crippen LogP contribution in [0.1, 0.15) is 63.9 Å². The van der Waals surface area contributed by atoms with E-state index in [-0.39, 0.29) is 6.04 Å². The smallest absolute Gasteiger partial charge is 0.174 e. The Morgan fingerprint density at radius 3 is 2.61 bits per heavy atom. The highest BCUT2D eigenvalue weighted by Crippen LogP contribution is 2.33. The van der Waals surface area contributed by atoms with E-state index in [0.717, 1.165) is 29.4 Å². The Hall–Kier alpha value is -1.62. The molecule has 0 spiro atoms. The van der Waals surface area contributed by atoms with Crippen LogP contribution in [0, 0.1) is 5.92 Å². The van der Waals surface area contributed by atoms with Crippen LogP contribution in [-0.2, 0) is 0 Å². The summed E-state index contributed by atoms with van der Waals surface area (Å²) in [6, 6.07) is 8.26. The van der Waals surface area contributed by atoms with Crippen LogP contribution < -0.4 is 5.32 Å². The van der Waals surface area contributed by atoms with Gasteiger partial charge in [-0.2, -0.15) is 0 Å². The molecule has 2 aromatic rings. The molecule has 124 valence electrons. The second-order valence-electron chi connectivity index (χ2n) is 6.62. The van der Waals surface area contributed by atoms with Gasteiger partial charge in [0, 0.05) is 0 Å². The lowest BCUT2D eigenvalue weighted by Gasteiger charge is -2.27. The van der Waals surface area contributed by atoms with Crippen molar-refractivity contribution >= 4 is 17.3 Å². The molecule has 1 heterocycles. The number of tetrazole rings is 1. The molecule has 1 saturated carbocycles. The number of anilines is 1. The molecule has 0 bridgehead atoms. The van der Waals surface area contributed by atoms with E-state index in [1.807, 2.05) is 28.9 Å². The van der Waals surface area contributed by atoms with Crippen molar-refractivity contribution in [3.63, 3.8) is 0 Å². The number of hydrogen-bond donors (Lipinski definition) is 1. The molecule has 5 nitrogen and oxygen atoms in total. The summed E-state index contributed by atoms with van der Waals surface area (Å²) in [6.45, 7) is 4.35. The summed E-state index contributed by atoms with van der Waals surface area (Å²) in [5, 5.41) is 16.8. The minimum Gasteiger partial charge on any atom is -0.374 e. The van der Waals surface area contributed by atoms with E-state index in [0.29, 0.717) is 12.0 Å². The predicted octanol–water partition coefficient (Wildman–Crippen LogP) is 4.64. The van der Waals surface area contributed by atoms with Crippen molar-refractivity contribution in [3.8, 4) is 0 Å². The molecule has 0 saturated heterocycles. The average molecular weight is 334 g/mol. The van der Waals surface area contributed by atoms with Crippen molar-refractivity contribution < 1.29 is 0 Å². The van der Waals surface area contributed by atoms with Gasteiger partial charge in [0.15, 0.2) is 5.82 Å². The fraction of sp³-hybridized carbons (Fsp3) is 0.588. The number of hydrogen-bond acceptors (Lipinski definition) is 4. The van der Waals surface area contributed by atoms with Gasteiger partial charge >= 0.3 is 0 Å². The van der Waals surface area contributed by atoms with Crippen molar-refractivity contribution in [2.24, 2.45) is 5.92 Å². The first-order valence-electron chi connectivity index (χ1n) is 8.45. The zero-order valence-corrected chi connectivity index (χ0v) is 14.5. The fourth-order valence-electron chi connectivity index (χ4n) is 3.27. The lowest BCUT2D eigenvalue weighted by Crippen LogP contribution is -2.25. The van der Waals surface area contributed by atoms with Gasteiger partial charge in [0.05, 0.1) is 22.8 Å². The Morgan fingerprint density at radius 1 is 1.17 bits per heavy atom. The average Bonchev–Trinajstić information content (AvgIpc) is 3.04. The third-order valence-electron chi connectivity index (χ3n) is 4.57. The molecule has 1 aromatic carbocycles. The zero-order valence-electron chi connectivity index (χ0n) is 13.7. The third kappa shape index (κ3) is 3.66. The van der Waals surface area contributed by atoms with Crippen molar-refractivity contribution in [2.75, 3.05) is 5.32 Å². The van der Waals surface area contributed by atoms with Crippen molar-refractivity contribution in [1.29, 1.82) is 0 Å². The lowest BCUT2D eigenvalue weighted by atomic mass is 9.95. The predicted molar refractivity (Wildman–Crippen MR) is 92.6 cm³/mol. The van der Waals surface area contributed by atoms with Crippen molar-refractivity contribution in [1.82, 2.24) is 20.2 Å². The Bertz CT molecular complexity index is 633. The van der Waals surface area contributed by atoms with Gasteiger partial charge in [-0.1, -0.05) is 56.8 Å². The van der Waals surface area contributed by atoms with Gasteiger partial charge in [-0.15, -0.1) is 5.10 Å². The molecule has 0 aliphatic heterocycles. The van der Waals surface area contributed by atoms with Crippen LogP contribution in [0.15, 0.2) is 24.3 Å². The summed E-state index contributed by atoms with van der Waals surface area (Å²) in [5.74, 6) is 1.26. The highest BCUT2D eigenvalue weighted by atomic mass is 35.5. The highest BCUT2D eigenvalue weighted by molar-refractivity contribution is 6.33. The van der Waals surface area contributed by atoms with Gasteiger partial charge in [0.1, 0.15) is 0 Å². The molecule has 1 atom stereocenters. The molecule has 1 aromatic heterocycles. The van der Waals surface area contributed by atoms with Gasteiger partial charge in [-0.05, 0) is 41.3 Å². The van der Waals surface area contributed by atoms with Gasteiger partial charge in [-0.3, -0.25) is 0 Å². The molecule has 23 heavy (non-hydrogen) atoms. The van der Waals surface area contributed by atoms with E-state index in [9.17, 15) is 0 Å². The van der Waals surface area contributed by atoms with Gasteiger partial charge in [0.2, 0.25) is 0 Å². The van der Waals surface area contributed by atoms with E-state index in [1.54, 1.807) is 0 Å². The SMILES string of the molecule is CC(C)C(Nc1ccccc1Cl)c1nnnn1C1CCCCC1. The Labute approximate surface area is 142 Å². The van der Waals surface area contributed by atoms with Crippen molar-refractivity contribution in [3.05, 3.63) is 35.1 Å². The number of para-hydroxylation sites is 1. The molecule has 1 aliphatic rings. The Kier molecular flexibility index (Phi) is 5.16. The zero-order chi connectivity index (χ0) is 16.2. The molecule has 1 aliphatic carbocycles. The van der Waals surface area contributed by atoms with E-state index in [2.05, 4.69) is 34.7 Å². The first kappa shape index (κ1) is 16.2. The van der Waals surface area contributed by atoms with Crippen LogP contribution in [0.2, 0.25) is 5.02 Å². The normalized spacial score (nSPS) is 17.4. The number of rotatable bonds is 5. The van der Waals surface area contributed by atoms with Crippen LogP contribution in [-0.4, -0.2) is 20.2 Å². The Balaban J connectivity index is 1.87. The molecule has 0 amide bonds. The van der Waals surface area contributed by atoms with Crippen LogP contribution in [0.25, 0.3) is 0 Å². The number of halogens is 1. The molecule has 1 unspecified atom stereocenters. The second kappa shape index (κ2) is 7.30. The van der Waals surface area contributed by atoms with Crippen LogP contribution in [0.5, 0.6) is 0 Å². The molecule has 1 fully saturated rings. The minimum absolute atomic E-state index is 0.0341. The van der Waals surface area contributed by atoms with E-state index in [1.165, 1.54) is 19.3 Å². The standard InChI is InChI=1S/C17H24ClN5/c1-12(2)16(19-15-11-7-6-10-14(15)18)17-20-21-22-23(17)13-8-4-3-5-9-13/h6-7,10-13,16,19H,3-5,8-9H2,1-2H3. The third-order valence-corrected chi connectivity index (χ3v) is 4.90. The maximum absolute atomic E-state index is 6.30. The van der Waals surface area contributed by atoms with Gasteiger partial charge in [-0.25, -0.2) is 4.68 Å². The Morgan fingerprint density at radius 2 is 1.91 bits per heavy atom. The summed E-state index contributed by atoms with van der Waals surface area (Å²) < 4.78 is 2.04. The first-order chi connectivity index (χ1) is 11.2. The second-order valence-corrected chi connectivity index (χ2v) is 7.03. The van der Waals surface area contributed by atoms with E-state index < -0.39 is 0 Å². The lowest BCUT2D eigenvalue weighted by molar-refractivity contribution is 0.308. The number of nitrogens with one attached hydrogen (secondary N) is 1. The van der Waals surface area contributed by atoms with Crippen LogP contribution >= 0.6 is 11.6 Å². The summed E-state index contributed by atoms with van der Waals surface area (Å²) in [6.07, 6.45) is 6.16. The van der Waals surface area contributed by atoms with Gasteiger partial charge < -0.3 is 5.32 Å². The summed E-state index contributed by atoms with van der Waals surface area (Å²) >= 11 is 6.30. The minimum atomic E-state index is 0.0341. The maximum atomic E-state index is 6.30. The monoisotopic (exact) mass is 333 g/mol. The molecule has 6 heteroatoms. The number of benzene rings is 1. The largest absolute Gasteiger partial charge is 0.374 e. The van der Waals surface area contributed by atoms with E-state index in [4.69, 9.17) is 11.6 Å². The summed E-state index contributed by atoms with van der Waals surface area (Å²) in [5.41, 5.74) is 0.922. The summed E-state index contributed by atoms with van der Waals surface area (Å²) in [7, 11) is 0.